The number of aromatic nitrogens is 4. The SMILES string of the molecule is COc1ccc(CNc2ncnc3c2c(I)nn3C2CCC3(CC2)OCCO3)c(OC)c1. The fourth-order valence-corrected chi connectivity index (χ4v) is 5.30. The van der Waals surface area contributed by atoms with E-state index in [-0.39, 0.29) is 11.8 Å². The molecular formula is C22H26IN5O4. The molecule has 2 fully saturated rings. The third-order valence-corrected chi connectivity index (χ3v) is 7.02. The maximum Gasteiger partial charge on any atom is 0.168 e. The van der Waals surface area contributed by atoms with E-state index in [0.717, 1.165) is 63.3 Å². The van der Waals surface area contributed by atoms with Gasteiger partial charge in [-0.05, 0) is 47.6 Å². The monoisotopic (exact) mass is 551 g/mol. The summed E-state index contributed by atoms with van der Waals surface area (Å²) in [6.45, 7) is 1.93. The maximum atomic E-state index is 5.88. The van der Waals surface area contributed by atoms with Gasteiger partial charge in [0.05, 0.1) is 38.9 Å². The zero-order valence-corrected chi connectivity index (χ0v) is 20.3. The summed E-state index contributed by atoms with van der Waals surface area (Å²) in [5, 5.41) is 9.22. The lowest BCUT2D eigenvalue weighted by molar-refractivity contribution is -0.181. The van der Waals surface area contributed by atoms with Gasteiger partial charge in [0.2, 0.25) is 0 Å². The van der Waals surface area contributed by atoms with Crippen LogP contribution in [0.4, 0.5) is 5.82 Å². The molecule has 2 aromatic heterocycles. The summed E-state index contributed by atoms with van der Waals surface area (Å²) < 4.78 is 25.5. The zero-order valence-electron chi connectivity index (χ0n) is 18.1. The van der Waals surface area contributed by atoms with Crippen molar-refractivity contribution in [2.45, 2.75) is 44.1 Å². The van der Waals surface area contributed by atoms with Crippen LogP contribution in [0.1, 0.15) is 37.3 Å². The maximum absolute atomic E-state index is 5.88. The minimum Gasteiger partial charge on any atom is -0.497 e. The molecule has 1 aromatic carbocycles. The van der Waals surface area contributed by atoms with Crippen molar-refractivity contribution in [2.75, 3.05) is 32.8 Å². The Morgan fingerprint density at radius 3 is 2.66 bits per heavy atom. The molecule has 1 saturated heterocycles. The highest BCUT2D eigenvalue weighted by atomic mass is 127. The topological polar surface area (TPSA) is 92.6 Å². The van der Waals surface area contributed by atoms with Gasteiger partial charge in [0, 0.05) is 31.0 Å². The van der Waals surface area contributed by atoms with Crippen LogP contribution in [0.15, 0.2) is 24.5 Å². The molecule has 5 rings (SSSR count). The molecule has 1 N–H and O–H groups in total. The van der Waals surface area contributed by atoms with Gasteiger partial charge in [-0.2, -0.15) is 5.10 Å². The summed E-state index contributed by atoms with van der Waals surface area (Å²) >= 11 is 2.27. The number of benzene rings is 1. The lowest BCUT2D eigenvalue weighted by Crippen LogP contribution is -2.36. The molecule has 0 bridgehead atoms. The van der Waals surface area contributed by atoms with Gasteiger partial charge in [-0.3, -0.25) is 0 Å². The predicted octanol–water partition coefficient (Wildman–Crippen LogP) is 3.92. The standard InChI is InChI=1S/C22H26IN5O4/c1-29-16-4-3-14(17(11-16)30-2)12-24-20-18-19(23)27-28(21(18)26-13-25-20)15-5-7-22(8-6-15)31-9-10-32-22/h3-4,11,13,15H,5-10,12H2,1-2H3,(H,24,25,26). The van der Waals surface area contributed by atoms with Crippen molar-refractivity contribution in [3.63, 3.8) is 0 Å². The number of halogens is 1. The van der Waals surface area contributed by atoms with Gasteiger partial charge in [0.25, 0.3) is 0 Å². The lowest BCUT2D eigenvalue weighted by Gasteiger charge is -2.35. The van der Waals surface area contributed by atoms with E-state index in [1.54, 1.807) is 20.5 Å². The van der Waals surface area contributed by atoms with Crippen molar-refractivity contribution in [1.29, 1.82) is 0 Å². The summed E-state index contributed by atoms with van der Waals surface area (Å²) in [5.74, 6) is 1.90. The van der Waals surface area contributed by atoms with E-state index >= 15 is 0 Å². The smallest absolute Gasteiger partial charge is 0.168 e. The molecule has 0 atom stereocenters. The fourth-order valence-electron chi connectivity index (χ4n) is 4.57. The second kappa shape index (κ2) is 8.99. The van der Waals surface area contributed by atoms with Crippen molar-refractivity contribution in [3.8, 4) is 11.5 Å². The molecule has 9 nitrogen and oxygen atoms in total. The second-order valence-corrected chi connectivity index (χ2v) is 9.05. The van der Waals surface area contributed by atoms with E-state index in [1.807, 2.05) is 18.2 Å². The summed E-state index contributed by atoms with van der Waals surface area (Å²) in [6.07, 6.45) is 5.25. The van der Waals surface area contributed by atoms with Crippen LogP contribution in [0, 0.1) is 3.70 Å². The highest BCUT2D eigenvalue weighted by molar-refractivity contribution is 14.1. The largest absolute Gasteiger partial charge is 0.497 e. The number of methoxy groups -OCH3 is 2. The fraction of sp³-hybridized carbons (Fsp3) is 0.500. The van der Waals surface area contributed by atoms with Crippen LogP contribution in [-0.2, 0) is 16.0 Å². The molecule has 32 heavy (non-hydrogen) atoms. The summed E-state index contributed by atoms with van der Waals surface area (Å²) in [7, 11) is 3.30. The van der Waals surface area contributed by atoms with Crippen molar-refractivity contribution >= 4 is 39.4 Å². The summed E-state index contributed by atoms with van der Waals surface area (Å²) in [5.41, 5.74) is 1.86. The van der Waals surface area contributed by atoms with Crippen LogP contribution in [0.2, 0.25) is 0 Å². The third kappa shape index (κ3) is 3.99. The third-order valence-electron chi connectivity index (χ3n) is 6.26. The molecule has 10 heteroatoms. The molecule has 1 aliphatic carbocycles. The van der Waals surface area contributed by atoms with Crippen LogP contribution < -0.4 is 14.8 Å². The molecule has 1 spiro atoms. The van der Waals surface area contributed by atoms with E-state index < -0.39 is 0 Å². The van der Waals surface area contributed by atoms with Gasteiger partial charge >= 0.3 is 0 Å². The first-order valence-electron chi connectivity index (χ1n) is 10.7. The number of hydrogen-bond acceptors (Lipinski definition) is 8. The predicted molar refractivity (Wildman–Crippen MR) is 127 cm³/mol. The first-order chi connectivity index (χ1) is 15.6. The van der Waals surface area contributed by atoms with Crippen molar-refractivity contribution in [2.24, 2.45) is 0 Å². The number of fused-ring (bicyclic) bond motifs is 1. The minimum atomic E-state index is -0.383. The molecule has 1 saturated carbocycles. The number of ether oxygens (including phenoxy) is 4. The normalized spacial score (nSPS) is 18.3. The van der Waals surface area contributed by atoms with Crippen LogP contribution in [-0.4, -0.2) is 53.0 Å². The number of nitrogens with zero attached hydrogens (tertiary/aromatic N) is 4. The van der Waals surface area contributed by atoms with Crippen molar-refractivity contribution in [3.05, 3.63) is 33.8 Å². The number of nitrogens with one attached hydrogen (secondary N) is 1. The molecule has 2 aliphatic rings. The van der Waals surface area contributed by atoms with Gasteiger partial charge in [-0.15, -0.1) is 0 Å². The highest BCUT2D eigenvalue weighted by Gasteiger charge is 2.41. The van der Waals surface area contributed by atoms with Crippen LogP contribution >= 0.6 is 22.6 Å². The van der Waals surface area contributed by atoms with Crippen LogP contribution in [0.5, 0.6) is 11.5 Å². The Morgan fingerprint density at radius 1 is 1.16 bits per heavy atom. The van der Waals surface area contributed by atoms with E-state index in [2.05, 4.69) is 42.6 Å². The van der Waals surface area contributed by atoms with Crippen LogP contribution in [0.3, 0.4) is 0 Å². The molecule has 1 aliphatic heterocycles. The summed E-state index contributed by atoms with van der Waals surface area (Å²) in [4.78, 5) is 9.08. The number of rotatable bonds is 6. The molecule has 3 aromatic rings. The first-order valence-corrected chi connectivity index (χ1v) is 11.8. The molecule has 0 amide bonds. The van der Waals surface area contributed by atoms with Gasteiger partial charge in [-0.25, -0.2) is 14.6 Å². The average Bonchev–Trinajstić information content (AvgIpc) is 3.43. The van der Waals surface area contributed by atoms with Gasteiger partial charge in [-0.1, -0.05) is 0 Å². The second-order valence-electron chi connectivity index (χ2n) is 8.03. The molecule has 3 heterocycles. The molecule has 0 unspecified atom stereocenters. The van der Waals surface area contributed by atoms with E-state index in [1.165, 1.54) is 0 Å². The molecular weight excluding hydrogens is 525 g/mol. The quantitative estimate of drug-likeness (QED) is 0.462. The van der Waals surface area contributed by atoms with Gasteiger partial charge in [0.15, 0.2) is 11.4 Å². The Bertz CT molecular complexity index is 1110. The Kier molecular flexibility index (Phi) is 6.08. The highest BCUT2D eigenvalue weighted by Crippen LogP contribution is 2.41. The van der Waals surface area contributed by atoms with Crippen molar-refractivity contribution in [1.82, 2.24) is 19.7 Å². The zero-order chi connectivity index (χ0) is 22.1. The summed E-state index contributed by atoms with van der Waals surface area (Å²) in [6, 6.07) is 6.05. The van der Waals surface area contributed by atoms with Crippen LogP contribution in [0.25, 0.3) is 11.0 Å². The van der Waals surface area contributed by atoms with E-state index in [4.69, 9.17) is 24.0 Å². The lowest BCUT2D eigenvalue weighted by atomic mass is 9.90. The average molecular weight is 551 g/mol. The number of anilines is 1. The molecule has 0 radical (unpaired) electrons. The van der Waals surface area contributed by atoms with Gasteiger partial charge < -0.3 is 24.3 Å². The Morgan fingerprint density at radius 2 is 1.94 bits per heavy atom. The Labute approximate surface area is 199 Å². The number of hydrogen-bond donors (Lipinski definition) is 1. The Hall–Kier alpha value is -2.18. The van der Waals surface area contributed by atoms with E-state index in [9.17, 15) is 0 Å². The van der Waals surface area contributed by atoms with Gasteiger partial charge in [0.1, 0.15) is 27.3 Å². The minimum absolute atomic E-state index is 0.267. The molecule has 170 valence electrons. The first kappa shape index (κ1) is 21.7. The Balaban J connectivity index is 1.37. The van der Waals surface area contributed by atoms with Crippen molar-refractivity contribution < 1.29 is 18.9 Å². The van der Waals surface area contributed by atoms with E-state index in [0.29, 0.717) is 19.8 Å².